The molecular formula is C15H20FNO2. The van der Waals surface area contributed by atoms with Gasteiger partial charge in [-0.25, -0.2) is 4.39 Å². The Morgan fingerprint density at radius 3 is 2.79 bits per heavy atom. The zero-order valence-electron chi connectivity index (χ0n) is 11.2. The highest BCUT2D eigenvalue weighted by atomic mass is 19.1. The molecule has 104 valence electrons. The lowest BCUT2D eigenvalue weighted by atomic mass is 10.0. The monoisotopic (exact) mass is 265 g/mol. The number of rotatable bonds is 5. The average Bonchev–Trinajstić information content (AvgIpc) is 2.87. The van der Waals surface area contributed by atoms with E-state index in [-0.39, 0.29) is 23.7 Å². The van der Waals surface area contributed by atoms with Crippen molar-refractivity contribution >= 4 is 5.97 Å². The molecule has 0 aromatic heterocycles. The van der Waals surface area contributed by atoms with Gasteiger partial charge in [0.1, 0.15) is 5.82 Å². The molecule has 19 heavy (non-hydrogen) atoms. The van der Waals surface area contributed by atoms with E-state index in [2.05, 4.69) is 5.32 Å². The second kappa shape index (κ2) is 6.66. The largest absolute Gasteiger partial charge is 0.466 e. The third-order valence-corrected chi connectivity index (χ3v) is 3.59. The van der Waals surface area contributed by atoms with Gasteiger partial charge in [0, 0.05) is 12.6 Å². The van der Waals surface area contributed by atoms with Crippen molar-refractivity contribution in [1.82, 2.24) is 5.32 Å². The maximum Gasteiger partial charge on any atom is 0.310 e. The van der Waals surface area contributed by atoms with E-state index in [9.17, 15) is 9.18 Å². The summed E-state index contributed by atoms with van der Waals surface area (Å²) in [5, 5.41) is 3.38. The third-order valence-electron chi connectivity index (χ3n) is 3.59. The fourth-order valence-corrected chi connectivity index (χ4v) is 2.59. The summed E-state index contributed by atoms with van der Waals surface area (Å²) in [5.41, 5.74) is 1.02. The number of esters is 1. The van der Waals surface area contributed by atoms with Crippen LogP contribution in [0.5, 0.6) is 0 Å². The zero-order valence-corrected chi connectivity index (χ0v) is 11.2. The lowest BCUT2D eigenvalue weighted by molar-refractivity contribution is -0.148. The molecule has 0 unspecified atom stereocenters. The van der Waals surface area contributed by atoms with Gasteiger partial charge in [-0.05, 0) is 37.5 Å². The van der Waals surface area contributed by atoms with Crippen LogP contribution in [0.25, 0.3) is 0 Å². The Morgan fingerprint density at radius 2 is 2.11 bits per heavy atom. The van der Waals surface area contributed by atoms with Crippen LogP contribution in [0.4, 0.5) is 4.39 Å². The summed E-state index contributed by atoms with van der Waals surface area (Å²) < 4.78 is 17.9. The van der Waals surface area contributed by atoms with E-state index in [0.29, 0.717) is 13.2 Å². The summed E-state index contributed by atoms with van der Waals surface area (Å²) >= 11 is 0. The maximum atomic E-state index is 12.8. The van der Waals surface area contributed by atoms with Gasteiger partial charge in [-0.15, -0.1) is 0 Å². The molecule has 0 radical (unpaired) electrons. The van der Waals surface area contributed by atoms with Crippen molar-refractivity contribution < 1.29 is 13.9 Å². The van der Waals surface area contributed by atoms with Crippen LogP contribution in [0.3, 0.4) is 0 Å². The minimum atomic E-state index is -0.228. The fraction of sp³-hybridized carbons (Fsp3) is 0.533. The Hall–Kier alpha value is -1.42. The Bertz CT molecular complexity index is 419. The van der Waals surface area contributed by atoms with Crippen LogP contribution < -0.4 is 5.32 Å². The quantitative estimate of drug-likeness (QED) is 0.832. The van der Waals surface area contributed by atoms with Crippen molar-refractivity contribution in [2.24, 2.45) is 5.92 Å². The Kier molecular flexibility index (Phi) is 4.91. The number of hydrogen-bond acceptors (Lipinski definition) is 3. The first-order valence-electron chi connectivity index (χ1n) is 6.85. The molecule has 4 heteroatoms. The van der Waals surface area contributed by atoms with Crippen molar-refractivity contribution in [3.05, 3.63) is 35.6 Å². The van der Waals surface area contributed by atoms with Gasteiger partial charge in [-0.3, -0.25) is 4.79 Å². The van der Waals surface area contributed by atoms with E-state index in [1.807, 2.05) is 6.92 Å². The van der Waals surface area contributed by atoms with E-state index < -0.39 is 0 Å². The van der Waals surface area contributed by atoms with Crippen LogP contribution in [0.1, 0.15) is 31.7 Å². The molecule has 0 amide bonds. The van der Waals surface area contributed by atoms with Gasteiger partial charge < -0.3 is 10.1 Å². The molecule has 2 atom stereocenters. The highest BCUT2D eigenvalue weighted by Gasteiger charge is 2.33. The van der Waals surface area contributed by atoms with Gasteiger partial charge in [-0.1, -0.05) is 18.6 Å². The summed E-state index contributed by atoms with van der Waals surface area (Å²) in [7, 11) is 0. The third kappa shape index (κ3) is 3.77. The first-order chi connectivity index (χ1) is 9.20. The first-order valence-corrected chi connectivity index (χ1v) is 6.85. The Labute approximate surface area is 113 Å². The van der Waals surface area contributed by atoms with Crippen molar-refractivity contribution in [1.29, 1.82) is 0 Å². The molecule has 0 spiro atoms. The molecule has 1 fully saturated rings. The normalized spacial score (nSPS) is 22.4. The predicted molar refractivity (Wildman–Crippen MR) is 71.0 cm³/mol. The van der Waals surface area contributed by atoms with Gasteiger partial charge in [-0.2, -0.15) is 0 Å². The van der Waals surface area contributed by atoms with Gasteiger partial charge in [0.05, 0.1) is 12.5 Å². The van der Waals surface area contributed by atoms with Crippen LogP contribution in [0, 0.1) is 11.7 Å². The number of hydrogen-bond donors (Lipinski definition) is 1. The molecule has 1 aliphatic carbocycles. The molecule has 3 nitrogen and oxygen atoms in total. The zero-order chi connectivity index (χ0) is 13.7. The molecule has 1 aromatic rings. The molecule has 1 aliphatic rings. The average molecular weight is 265 g/mol. The number of ether oxygens (including phenoxy) is 1. The lowest BCUT2D eigenvalue weighted by Gasteiger charge is -2.19. The SMILES string of the molecule is CCOC(=O)[C@H]1CCC[C@@H]1NCc1ccc(F)cc1. The number of carbonyl (C=O) groups is 1. The summed E-state index contributed by atoms with van der Waals surface area (Å²) in [5.74, 6) is -0.369. The molecule has 0 heterocycles. The Morgan fingerprint density at radius 1 is 1.37 bits per heavy atom. The predicted octanol–water partition coefficient (Wildman–Crippen LogP) is 2.65. The molecule has 1 aromatic carbocycles. The standard InChI is InChI=1S/C15H20FNO2/c1-2-19-15(18)13-4-3-5-14(13)17-10-11-6-8-12(16)9-7-11/h6-9,13-14,17H,2-5,10H2,1H3/t13-,14-/m0/s1. The summed E-state index contributed by atoms with van der Waals surface area (Å²) in [6.45, 7) is 2.91. The van der Waals surface area contributed by atoms with Crippen molar-refractivity contribution in [3.63, 3.8) is 0 Å². The van der Waals surface area contributed by atoms with Crippen LogP contribution in [0.2, 0.25) is 0 Å². The second-order valence-electron chi connectivity index (χ2n) is 4.90. The van der Waals surface area contributed by atoms with Gasteiger partial charge in [0.15, 0.2) is 0 Å². The van der Waals surface area contributed by atoms with Crippen LogP contribution >= 0.6 is 0 Å². The van der Waals surface area contributed by atoms with E-state index in [1.165, 1.54) is 12.1 Å². The first kappa shape index (κ1) is 14.0. The number of benzene rings is 1. The highest BCUT2D eigenvalue weighted by molar-refractivity contribution is 5.73. The van der Waals surface area contributed by atoms with Gasteiger partial charge in [0.2, 0.25) is 0 Å². The smallest absolute Gasteiger partial charge is 0.310 e. The Balaban J connectivity index is 1.87. The van der Waals surface area contributed by atoms with Gasteiger partial charge in [0.25, 0.3) is 0 Å². The molecule has 1 N–H and O–H groups in total. The number of carbonyl (C=O) groups excluding carboxylic acids is 1. The van der Waals surface area contributed by atoms with Crippen molar-refractivity contribution in [2.75, 3.05) is 6.61 Å². The second-order valence-corrected chi connectivity index (χ2v) is 4.90. The molecule has 0 aliphatic heterocycles. The van der Waals surface area contributed by atoms with Crippen LogP contribution in [-0.4, -0.2) is 18.6 Å². The minimum Gasteiger partial charge on any atom is -0.466 e. The summed E-state index contributed by atoms with van der Waals surface area (Å²) in [4.78, 5) is 11.8. The van der Waals surface area contributed by atoms with E-state index >= 15 is 0 Å². The molecular weight excluding hydrogens is 245 g/mol. The maximum absolute atomic E-state index is 12.8. The van der Waals surface area contributed by atoms with E-state index in [4.69, 9.17) is 4.74 Å². The van der Waals surface area contributed by atoms with E-state index in [1.54, 1.807) is 12.1 Å². The van der Waals surface area contributed by atoms with Crippen molar-refractivity contribution in [2.45, 2.75) is 38.8 Å². The topological polar surface area (TPSA) is 38.3 Å². The van der Waals surface area contributed by atoms with Crippen LogP contribution in [-0.2, 0) is 16.1 Å². The number of nitrogens with one attached hydrogen (secondary N) is 1. The van der Waals surface area contributed by atoms with Gasteiger partial charge >= 0.3 is 5.97 Å². The lowest BCUT2D eigenvalue weighted by Crippen LogP contribution is -2.36. The minimum absolute atomic E-state index is 0.0413. The van der Waals surface area contributed by atoms with E-state index in [0.717, 1.165) is 24.8 Å². The molecule has 1 saturated carbocycles. The molecule has 0 saturated heterocycles. The summed E-state index contributed by atoms with van der Waals surface area (Å²) in [6, 6.07) is 6.60. The fourth-order valence-electron chi connectivity index (χ4n) is 2.59. The summed E-state index contributed by atoms with van der Waals surface area (Å²) in [6.07, 6.45) is 2.93. The van der Waals surface area contributed by atoms with Crippen molar-refractivity contribution in [3.8, 4) is 0 Å². The molecule has 2 rings (SSSR count). The van der Waals surface area contributed by atoms with Crippen LogP contribution in [0.15, 0.2) is 24.3 Å². The molecule has 0 bridgehead atoms. The highest BCUT2D eigenvalue weighted by Crippen LogP contribution is 2.27. The number of halogens is 1.